The van der Waals surface area contributed by atoms with E-state index in [1.807, 2.05) is 19.1 Å². The molecule has 0 radical (unpaired) electrons. The van der Waals surface area contributed by atoms with Gasteiger partial charge in [0.15, 0.2) is 0 Å². The number of rotatable bonds is 3. The van der Waals surface area contributed by atoms with Crippen LogP contribution < -0.4 is 4.90 Å². The molecule has 3 rings (SSSR count). The molecular formula is C18H21NO. The van der Waals surface area contributed by atoms with E-state index < -0.39 is 0 Å². The fourth-order valence-corrected chi connectivity index (χ4v) is 3.02. The third-order valence-corrected chi connectivity index (χ3v) is 4.08. The molecule has 2 heteroatoms. The van der Waals surface area contributed by atoms with Crippen molar-refractivity contribution in [2.24, 2.45) is 0 Å². The van der Waals surface area contributed by atoms with Gasteiger partial charge in [-0.2, -0.15) is 0 Å². The van der Waals surface area contributed by atoms with E-state index in [1.54, 1.807) is 0 Å². The molecule has 0 spiro atoms. The molecule has 104 valence electrons. The fraction of sp³-hybridized carbons (Fsp3) is 0.333. The first-order chi connectivity index (χ1) is 9.81. The maximum atomic E-state index is 10.3. The smallest absolute Gasteiger partial charge is 0.0807 e. The van der Waals surface area contributed by atoms with Crippen molar-refractivity contribution in [3.8, 4) is 0 Å². The van der Waals surface area contributed by atoms with Gasteiger partial charge < -0.3 is 10.0 Å². The molecule has 2 nitrogen and oxygen atoms in total. The van der Waals surface area contributed by atoms with Crippen LogP contribution in [0.5, 0.6) is 0 Å². The Labute approximate surface area is 120 Å². The number of para-hydroxylation sites is 2. The molecule has 1 N–H and O–H groups in total. The molecule has 0 saturated heterocycles. The predicted molar refractivity (Wildman–Crippen MR) is 83.5 cm³/mol. The average Bonchev–Trinajstić information content (AvgIpc) is 2.53. The molecule has 2 aromatic carbocycles. The van der Waals surface area contributed by atoms with Crippen LogP contribution >= 0.6 is 0 Å². The molecule has 20 heavy (non-hydrogen) atoms. The summed E-state index contributed by atoms with van der Waals surface area (Å²) >= 11 is 0. The standard InChI is InChI=1S/C18H21NO/c1-2-18(20)15-10-4-6-12-17(15)19-13-7-9-14-8-3-5-11-16(14)19/h3-6,8,10-12,18,20H,2,7,9,13H2,1H3. The number of anilines is 2. The Hall–Kier alpha value is -1.80. The zero-order valence-electron chi connectivity index (χ0n) is 11.9. The Balaban J connectivity index is 2.07. The Morgan fingerprint density at radius 1 is 1.05 bits per heavy atom. The number of aliphatic hydroxyl groups excluding tert-OH is 1. The van der Waals surface area contributed by atoms with Crippen LogP contribution in [0.25, 0.3) is 0 Å². The highest BCUT2D eigenvalue weighted by molar-refractivity contribution is 5.70. The molecule has 1 heterocycles. The summed E-state index contributed by atoms with van der Waals surface area (Å²) in [5.41, 5.74) is 4.87. The van der Waals surface area contributed by atoms with Crippen molar-refractivity contribution in [1.29, 1.82) is 0 Å². The van der Waals surface area contributed by atoms with E-state index in [9.17, 15) is 5.11 Å². The number of hydrogen-bond donors (Lipinski definition) is 1. The van der Waals surface area contributed by atoms with Crippen molar-refractivity contribution in [3.05, 3.63) is 59.7 Å². The first kappa shape index (κ1) is 13.2. The second-order valence-electron chi connectivity index (χ2n) is 5.37. The molecule has 0 saturated carbocycles. The first-order valence-electron chi connectivity index (χ1n) is 7.43. The molecule has 0 aliphatic carbocycles. The summed E-state index contributed by atoms with van der Waals surface area (Å²) in [5.74, 6) is 0. The Kier molecular flexibility index (Phi) is 3.75. The fourth-order valence-electron chi connectivity index (χ4n) is 3.02. The summed E-state index contributed by atoms with van der Waals surface area (Å²) in [6.45, 7) is 3.04. The van der Waals surface area contributed by atoms with Gasteiger partial charge in [-0.25, -0.2) is 0 Å². The van der Waals surface area contributed by atoms with Crippen molar-refractivity contribution >= 4 is 11.4 Å². The average molecular weight is 267 g/mol. The van der Waals surface area contributed by atoms with Crippen molar-refractivity contribution < 1.29 is 5.11 Å². The predicted octanol–water partition coefficient (Wildman–Crippen LogP) is 4.21. The quantitative estimate of drug-likeness (QED) is 0.900. The van der Waals surface area contributed by atoms with Crippen molar-refractivity contribution in [2.75, 3.05) is 11.4 Å². The highest BCUT2D eigenvalue weighted by Gasteiger charge is 2.21. The number of aryl methyl sites for hydroxylation is 1. The first-order valence-corrected chi connectivity index (χ1v) is 7.43. The van der Waals surface area contributed by atoms with Crippen LogP contribution in [0, 0.1) is 0 Å². The third kappa shape index (κ3) is 2.32. The minimum Gasteiger partial charge on any atom is -0.388 e. The van der Waals surface area contributed by atoms with Gasteiger partial charge in [0, 0.05) is 23.5 Å². The molecule has 0 bridgehead atoms. The van der Waals surface area contributed by atoms with Gasteiger partial charge in [0.25, 0.3) is 0 Å². The van der Waals surface area contributed by atoms with E-state index in [4.69, 9.17) is 0 Å². The number of benzene rings is 2. The van der Waals surface area contributed by atoms with Crippen LogP contribution in [0.1, 0.15) is 37.0 Å². The molecule has 0 aromatic heterocycles. The molecule has 1 aliphatic heterocycles. The summed E-state index contributed by atoms with van der Waals surface area (Å²) in [6, 6.07) is 16.8. The topological polar surface area (TPSA) is 23.5 Å². The van der Waals surface area contributed by atoms with Gasteiger partial charge in [0.2, 0.25) is 0 Å². The lowest BCUT2D eigenvalue weighted by Crippen LogP contribution is -2.25. The lowest BCUT2D eigenvalue weighted by molar-refractivity contribution is 0.174. The summed E-state index contributed by atoms with van der Waals surface area (Å²) in [7, 11) is 0. The van der Waals surface area contributed by atoms with Crippen LogP contribution in [-0.4, -0.2) is 11.7 Å². The minimum atomic E-state index is -0.389. The molecule has 1 aliphatic rings. The molecule has 0 amide bonds. The summed E-state index contributed by atoms with van der Waals surface area (Å²) < 4.78 is 0. The van der Waals surface area contributed by atoms with E-state index in [2.05, 4.69) is 41.3 Å². The highest BCUT2D eigenvalue weighted by atomic mass is 16.3. The van der Waals surface area contributed by atoms with E-state index >= 15 is 0 Å². The second-order valence-corrected chi connectivity index (χ2v) is 5.37. The van der Waals surface area contributed by atoms with Crippen LogP contribution in [0.3, 0.4) is 0 Å². The maximum absolute atomic E-state index is 10.3. The highest BCUT2D eigenvalue weighted by Crippen LogP contribution is 2.37. The normalized spacial score (nSPS) is 15.8. The largest absolute Gasteiger partial charge is 0.388 e. The monoisotopic (exact) mass is 267 g/mol. The zero-order valence-corrected chi connectivity index (χ0v) is 11.9. The van der Waals surface area contributed by atoms with Crippen molar-refractivity contribution in [1.82, 2.24) is 0 Å². The SMILES string of the molecule is CCC(O)c1ccccc1N1CCCc2ccccc21. The van der Waals surface area contributed by atoms with Crippen LogP contribution in [-0.2, 0) is 6.42 Å². The Morgan fingerprint density at radius 3 is 2.55 bits per heavy atom. The van der Waals surface area contributed by atoms with Gasteiger partial charge in [0.05, 0.1) is 6.10 Å². The number of hydrogen-bond acceptors (Lipinski definition) is 2. The van der Waals surface area contributed by atoms with Gasteiger partial charge in [-0.05, 0) is 37.0 Å². The third-order valence-electron chi connectivity index (χ3n) is 4.08. The minimum absolute atomic E-state index is 0.389. The van der Waals surface area contributed by atoms with Crippen LogP contribution in [0.15, 0.2) is 48.5 Å². The van der Waals surface area contributed by atoms with Crippen LogP contribution in [0.2, 0.25) is 0 Å². The lowest BCUT2D eigenvalue weighted by atomic mass is 9.98. The van der Waals surface area contributed by atoms with E-state index in [-0.39, 0.29) is 6.10 Å². The summed E-state index contributed by atoms with van der Waals surface area (Å²) in [6.07, 6.45) is 2.66. The maximum Gasteiger partial charge on any atom is 0.0807 e. The zero-order chi connectivity index (χ0) is 13.9. The number of fused-ring (bicyclic) bond motifs is 1. The van der Waals surface area contributed by atoms with Gasteiger partial charge in [-0.15, -0.1) is 0 Å². The molecular weight excluding hydrogens is 246 g/mol. The molecule has 1 atom stereocenters. The number of nitrogens with zero attached hydrogens (tertiary/aromatic N) is 1. The van der Waals surface area contributed by atoms with E-state index in [0.29, 0.717) is 0 Å². The summed E-state index contributed by atoms with van der Waals surface area (Å²) in [4.78, 5) is 2.35. The van der Waals surface area contributed by atoms with Gasteiger partial charge in [0.1, 0.15) is 0 Å². The van der Waals surface area contributed by atoms with Crippen molar-refractivity contribution in [3.63, 3.8) is 0 Å². The van der Waals surface area contributed by atoms with Gasteiger partial charge in [-0.1, -0.05) is 43.3 Å². The van der Waals surface area contributed by atoms with Gasteiger partial charge in [-0.3, -0.25) is 0 Å². The van der Waals surface area contributed by atoms with Crippen molar-refractivity contribution in [2.45, 2.75) is 32.3 Å². The van der Waals surface area contributed by atoms with E-state index in [0.717, 1.165) is 37.1 Å². The van der Waals surface area contributed by atoms with E-state index in [1.165, 1.54) is 11.3 Å². The Morgan fingerprint density at radius 2 is 1.75 bits per heavy atom. The Bertz CT molecular complexity index is 593. The summed E-state index contributed by atoms with van der Waals surface area (Å²) in [5, 5.41) is 10.3. The van der Waals surface area contributed by atoms with Gasteiger partial charge >= 0.3 is 0 Å². The second kappa shape index (κ2) is 5.68. The number of aliphatic hydroxyl groups is 1. The lowest BCUT2D eigenvalue weighted by Gasteiger charge is -2.33. The molecule has 1 unspecified atom stereocenters. The molecule has 0 fully saturated rings. The van der Waals surface area contributed by atoms with Crippen LogP contribution in [0.4, 0.5) is 11.4 Å². The molecule has 2 aromatic rings.